The molecule has 0 saturated carbocycles. The van der Waals surface area contributed by atoms with Crippen molar-refractivity contribution in [1.29, 1.82) is 0 Å². The van der Waals surface area contributed by atoms with E-state index < -0.39 is 0 Å². The maximum atomic E-state index is 14.3. The summed E-state index contributed by atoms with van der Waals surface area (Å²) in [6.45, 7) is 5.54. The van der Waals surface area contributed by atoms with Crippen LogP contribution in [-0.2, 0) is 9.59 Å². The second-order valence-electron chi connectivity index (χ2n) is 10.9. The Morgan fingerprint density at radius 1 is 0.643 bits per heavy atom. The van der Waals surface area contributed by atoms with Gasteiger partial charge >= 0.3 is 0 Å². The number of hydrogen-bond donors (Lipinski definition) is 0. The first-order valence-corrected chi connectivity index (χ1v) is 16.8. The molecule has 0 aliphatic carbocycles. The largest absolute Gasteiger partial charge is 0.292 e. The number of hydrogen-bond acceptors (Lipinski definition) is 6. The highest BCUT2D eigenvalue weighted by Gasteiger charge is 2.43. The number of unbranched alkanes of at least 4 members (excludes halogenated alkanes) is 6. The Morgan fingerprint density at radius 3 is 1.48 bits per heavy atom. The third-order valence-corrected chi connectivity index (χ3v) is 9.87. The van der Waals surface area contributed by atoms with Crippen molar-refractivity contribution >= 4 is 57.3 Å². The maximum absolute atomic E-state index is 14.3. The number of anilines is 2. The smallest absolute Gasteiger partial charge is 0.261 e. The summed E-state index contributed by atoms with van der Waals surface area (Å²) in [5, 5.41) is 4.08. The predicted molar refractivity (Wildman–Crippen MR) is 175 cm³/mol. The van der Waals surface area contributed by atoms with E-state index in [2.05, 4.69) is 26.0 Å². The van der Waals surface area contributed by atoms with Crippen molar-refractivity contribution in [3.8, 4) is 20.9 Å². The van der Waals surface area contributed by atoms with Gasteiger partial charge in [-0.2, -0.15) is 0 Å². The lowest BCUT2D eigenvalue weighted by Gasteiger charge is -2.16. The van der Waals surface area contributed by atoms with Crippen LogP contribution < -0.4 is 9.80 Å². The van der Waals surface area contributed by atoms with E-state index in [4.69, 9.17) is 9.97 Å². The lowest BCUT2D eigenvalue weighted by atomic mass is 9.96. The van der Waals surface area contributed by atoms with Crippen molar-refractivity contribution in [2.24, 2.45) is 0 Å². The molecule has 6 heterocycles. The number of pyridine rings is 2. The van der Waals surface area contributed by atoms with Gasteiger partial charge in [-0.1, -0.05) is 64.5 Å². The number of aromatic nitrogens is 2. The average Bonchev–Trinajstić information content (AvgIpc) is 3.81. The third-order valence-electron chi connectivity index (χ3n) is 8.03. The molecule has 0 radical (unpaired) electrons. The van der Waals surface area contributed by atoms with E-state index in [1.807, 2.05) is 47.4 Å². The van der Waals surface area contributed by atoms with E-state index >= 15 is 0 Å². The molecule has 0 N–H and O–H groups in total. The molecule has 2 amide bonds. The molecule has 0 aromatic carbocycles. The summed E-state index contributed by atoms with van der Waals surface area (Å²) in [4.78, 5) is 44.1. The van der Waals surface area contributed by atoms with Crippen LogP contribution in [0.2, 0.25) is 0 Å². The normalized spacial score (nSPS) is 16.0. The Morgan fingerprint density at radius 2 is 1.10 bits per heavy atom. The van der Waals surface area contributed by atoms with Crippen LogP contribution in [0.4, 0.5) is 11.6 Å². The van der Waals surface area contributed by atoms with E-state index in [1.165, 1.54) is 0 Å². The van der Waals surface area contributed by atoms with Gasteiger partial charge in [0.1, 0.15) is 11.6 Å². The van der Waals surface area contributed by atoms with Crippen molar-refractivity contribution in [2.75, 3.05) is 22.9 Å². The van der Waals surface area contributed by atoms with Crippen molar-refractivity contribution < 1.29 is 9.59 Å². The van der Waals surface area contributed by atoms with Crippen molar-refractivity contribution in [3.05, 3.63) is 70.7 Å². The van der Waals surface area contributed by atoms with E-state index in [9.17, 15) is 9.59 Å². The molecule has 6 nitrogen and oxygen atoms in total. The van der Waals surface area contributed by atoms with Crippen LogP contribution in [0, 0.1) is 0 Å². The van der Waals surface area contributed by atoms with Crippen LogP contribution in [0.5, 0.6) is 0 Å². The SMILES string of the molecule is CCCCCCN1C(=O)/C(=C2/C(=O)N(CCCCCC)c3ncc(-c4cccs4)cc32)c2cc(-c3cccs3)cnc21. The molecular weight excluding hydrogens is 561 g/mol. The fraction of sp³-hybridized carbons (Fsp3) is 0.353. The van der Waals surface area contributed by atoms with E-state index in [0.717, 1.165) is 83.4 Å². The molecule has 4 aromatic heterocycles. The molecule has 2 aliphatic heterocycles. The number of nitrogens with zero attached hydrogens (tertiary/aromatic N) is 4. The van der Waals surface area contributed by atoms with Gasteiger partial charge in [-0.05, 0) is 47.9 Å². The van der Waals surface area contributed by atoms with Gasteiger partial charge in [0, 0.05) is 57.5 Å². The number of carbonyl (C=O) groups is 2. The molecular formula is C34H36N4O2S2. The quantitative estimate of drug-likeness (QED) is 0.121. The molecule has 216 valence electrons. The molecule has 0 saturated heterocycles. The van der Waals surface area contributed by atoms with E-state index in [0.29, 0.717) is 35.9 Å². The molecule has 0 atom stereocenters. The highest BCUT2D eigenvalue weighted by Crippen LogP contribution is 2.47. The van der Waals surface area contributed by atoms with Crippen LogP contribution in [0.1, 0.15) is 76.3 Å². The molecule has 4 aromatic rings. The Kier molecular flexibility index (Phi) is 8.63. The Balaban J connectivity index is 1.50. The zero-order chi connectivity index (χ0) is 29.1. The van der Waals surface area contributed by atoms with E-state index in [1.54, 1.807) is 32.5 Å². The van der Waals surface area contributed by atoms with Crippen molar-refractivity contribution in [2.45, 2.75) is 65.2 Å². The zero-order valence-corrected chi connectivity index (χ0v) is 25.9. The first-order valence-electron chi connectivity index (χ1n) is 15.1. The molecule has 2 aliphatic rings. The van der Waals surface area contributed by atoms with Gasteiger partial charge in [0.2, 0.25) is 0 Å². The molecule has 0 fully saturated rings. The predicted octanol–water partition coefficient (Wildman–Crippen LogP) is 8.70. The molecule has 0 spiro atoms. The summed E-state index contributed by atoms with van der Waals surface area (Å²) in [7, 11) is 0. The summed E-state index contributed by atoms with van der Waals surface area (Å²) in [5.74, 6) is 1.02. The minimum atomic E-state index is -0.138. The monoisotopic (exact) mass is 596 g/mol. The van der Waals surface area contributed by atoms with E-state index in [-0.39, 0.29) is 11.8 Å². The summed E-state index contributed by atoms with van der Waals surface area (Å²) >= 11 is 3.28. The minimum Gasteiger partial charge on any atom is -0.292 e. The van der Waals surface area contributed by atoms with Crippen LogP contribution in [0.15, 0.2) is 59.6 Å². The molecule has 6 rings (SSSR count). The van der Waals surface area contributed by atoms with Gasteiger partial charge in [-0.25, -0.2) is 9.97 Å². The Hall–Kier alpha value is -3.62. The molecule has 42 heavy (non-hydrogen) atoms. The second-order valence-corrected chi connectivity index (χ2v) is 12.8. The Labute approximate surface area is 255 Å². The van der Waals surface area contributed by atoms with Gasteiger partial charge in [0.25, 0.3) is 11.8 Å². The maximum Gasteiger partial charge on any atom is 0.261 e. The van der Waals surface area contributed by atoms with Gasteiger partial charge < -0.3 is 0 Å². The first-order chi connectivity index (χ1) is 20.6. The van der Waals surface area contributed by atoms with Crippen molar-refractivity contribution in [1.82, 2.24) is 9.97 Å². The van der Waals surface area contributed by atoms with Crippen LogP contribution in [0.25, 0.3) is 32.0 Å². The van der Waals surface area contributed by atoms with Gasteiger partial charge in [0.15, 0.2) is 0 Å². The van der Waals surface area contributed by atoms with Gasteiger partial charge in [-0.15, -0.1) is 22.7 Å². The summed E-state index contributed by atoms with van der Waals surface area (Å²) in [5.41, 5.74) is 4.30. The number of carbonyl (C=O) groups excluding carboxylic acids is 2. The Bertz CT molecular complexity index is 1490. The van der Waals surface area contributed by atoms with Gasteiger partial charge in [-0.3, -0.25) is 19.4 Å². The summed E-state index contributed by atoms with van der Waals surface area (Å²) < 4.78 is 0. The topological polar surface area (TPSA) is 66.4 Å². The van der Waals surface area contributed by atoms with Crippen LogP contribution >= 0.6 is 22.7 Å². The number of amides is 2. The molecule has 8 heteroatoms. The number of thiophene rings is 2. The fourth-order valence-electron chi connectivity index (χ4n) is 5.85. The lowest BCUT2D eigenvalue weighted by Crippen LogP contribution is -2.30. The molecule has 0 unspecified atom stereocenters. The highest BCUT2D eigenvalue weighted by atomic mass is 32.1. The molecule has 0 bridgehead atoms. The summed E-state index contributed by atoms with van der Waals surface area (Å²) in [6.07, 6.45) is 12.1. The third kappa shape index (κ3) is 5.34. The zero-order valence-electron chi connectivity index (χ0n) is 24.3. The minimum absolute atomic E-state index is 0.138. The average molecular weight is 597 g/mol. The van der Waals surface area contributed by atoms with Crippen LogP contribution in [-0.4, -0.2) is 34.9 Å². The van der Waals surface area contributed by atoms with Crippen molar-refractivity contribution in [3.63, 3.8) is 0 Å². The summed E-state index contributed by atoms with van der Waals surface area (Å²) in [6, 6.07) is 12.3. The first kappa shape index (κ1) is 28.5. The number of rotatable bonds is 12. The number of fused-ring (bicyclic) bond motifs is 2. The van der Waals surface area contributed by atoms with Gasteiger partial charge in [0.05, 0.1) is 11.1 Å². The standard InChI is InChI=1S/C34H36N4O2S2/c1-3-5-7-9-15-37-31-25(19-23(21-35-31)27-13-11-17-41-27)29(33(37)39)30-26-20-24(28-14-12-18-42-28)22-36-32(26)38(34(30)40)16-10-8-6-4-2/h11-14,17-22H,3-10,15-16H2,1-2H3/b30-29+. The van der Waals surface area contributed by atoms with Crippen LogP contribution in [0.3, 0.4) is 0 Å². The second kappa shape index (κ2) is 12.7. The fourth-order valence-corrected chi connectivity index (χ4v) is 7.27. The highest BCUT2D eigenvalue weighted by molar-refractivity contribution is 7.13. The lowest BCUT2D eigenvalue weighted by molar-refractivity contribution is -0.114.